The molecule has 0 aliphatic carbocycles. The molecule has 1 aromatic rings. The molecule has 0 N–H and O–H groups in total. The minimum absolute atomic E-state index is 0.257. The molecule has 3 fully saturated rings. The minimum Gasteiger partial charge on any atom is -0.465 e. The van der Waals surface area contributed by atoms with E-state index in [9.17, 15) is 4.79 Å². The van der Waals surface area contributed by atoms with Crippen LogP contribution < -0.4 is 0 Å². The summed E-state index contributed by atoms with van der Waals surface area (Å²) in [5.41, 5.74) is 1.96. The van der Waals surface area contributed by atoms with Crippen LogP contribution in [0.2, 0.25) is 0 Å². The molecule has 4 rings (SSSR count). The summed E-state index contributed by atoms with van der Waals surface area (Å²) in [6.45, 7) is 2.55. The summed E-state index contributed by atoms with van der Waals surface area (Å²) in [7, 11) is 1.42. The lowest BCUT2D eigenvalue weighted by atomic mass is 9.81. The SMILES string of the molecule is COC(=O)c1ccc(CC2CC3CCN2CC3)cc1. The number of methoxy groups -OCH3 is 1. The Balaban J connectivity index is 1.65. The van der Waals surface area contributed by atoms with E-state index < -0.39 is 0 Å². The molecule has 2 bridgehead atoms. The van der Waals surface area contributed by atoms with Gasteiger partial charge in [0.25, 0.3) is 0 Å². The molecular weight excluding hydrogens is 238 g/mol. The first kappa shape index (κ1) is 12.7. The van der Waals surface area contributed by atoms with E-state index in [1.807, 2.05) is 12.1 Å². The summed E-state index contributed by atoms with van der Waals surface area (Å²) in [6, 6.07) is 8.58. The molecule has 1 unspecified atom stereocenters. The molecular formula is C16H21NO2. The minimum atomic E-state index is -0.257. The van der Waals surface area contributed by atoms with E-state index in [0.29, 0.717) is 11.6 Å². The molecule has 102 valence electrons. The number of benzene rings is 1. The van der Waals surface area contributed by atoms with Gasteiger partial charge in [0.15, 0.2) is 0 Å². The van der Waals surface area contributed by atoms with Gasteiger partial charge in [-0.05, 0) is 62.4 Å². The maximum absolute atomic E-state index is 11.4. The van der Waals surface area contributed by atoms with Crippen LogP contribution in [-0.4, -0.2) is 37.1 Å². The molecule has 0 spiro atoms. The van der Waals surface area contributed by atoms with Gasteiger partial charge in [0.2, 0.25) is 0 Å². The van der Waals surface area contributed by atoms with Gasteiger partial charge in [-0.25, -0.2) is 4.79 Å². The van der Waals surface area contributed by atoms with Crippen LogP contribution >= 0.6 is 0 Å². The Kier molecular flexibility index (Phi) is 3.56. The van der Waals surface area contributed by atoms with Gasteiger partial charge in [-0.15, -0.1) is 0 Å². The second-order valence-corrected chi connectivity index (χ2v) is 5.76. The number of fused-ring (bicyclic) bond motifs is 3. The van der Waals surface area contributed by atoms with Crippen molar-refractivity contribution < 1.29 is 9.53 Å². The monoisotopic (exact) mass is 259 g/mol. The predicted octanol–water partition coefficient (Wildman–Crippen LogP) is 2.50. The summed E-state index contributed by atoms with van der Waals surface area (Å²) in [6.07, 6.45) is 5.23. The Morgan fingerprint density at radius 3 is 2.47 bits per heavy atom. The van der Waals surface area contributed by atoms with E-state index >= 15 is 0 Å². The van der Waals surface area contributed by atoms with Crippen molar-refractivity contribution in [1.82, 2.24) is 4.90 Å². The van der Waals surface area contributed by atoms with Crippen molar-refractivity contribution in [2.45, 2.75) is 31.7 Å². The number of hydrogen-bond acceptors (Lipinski definition) is 3. The van der Waals surface area contributed by atoms with E-state index in [2.05, 4.69) is 17.0 Å². The van der Waals surface area contributed by atoms with E-state index in [1.165, 1.54) is 45.0 Å². The zero-order valence-corrected chi connectivity index (χ0v) is 11.5. The first-order chi connectivity index (χ1) is 9.26. The molecule has 3 saturated heterocycles. The van der Waals surface area contributed by atoms with Gasteiger partial charge < -0.3 is 9.64 Å². The molecule has 3 heteroatoms. The second-order valence-electron chi connectivity index (χ2n) is 5.76. The molecule has 19 heavy (non-hydrogen) atoms. The van der Waals surface area contributed by atoms with Crippen LogP contribution in [0.15, 0.2) is 24.3 Å². The number of piperidine rings is 3. The highest BCUT2D eigenvalue weighted by molar-refractivity contribution is 5.89. The first-order valence-corrected chi connectivity index (χ1v) is 7.17. The third-order valence-electron chi connectivity index (χ3n) is 4.62. The lowest BCUT2D eigenvalue weighted by Gasteiger charge is -2.45. The highest BCUT2D eigenvalue weighted by Crippen LogP contribution is 2.33. The third-order valence-corrected chi connectivity index (χ3v) is 4.62. The van der Waals surface area contributed by atoms with Crippen LogP contribution in [0.25, 0.3) is 0 Å². The molecule has 3 aliphatic rings. The molecule has 0 saturated carbocycles. The number of hydrogen-bond donors (Lipinski definition) is 0. The fourth-order valence-corrected chi connectivity index (χ4v) is 3.47. The van der Waals surface area contributed by atoms with Gasteiger partial charge in [-0.1, -0.05) is 12.1 Å². The Morgan fingerprint density at radius 2 is 1.95 bits per heavy atom. The van der Waals surface area contributed by atoms with Crippen LogP contribution in [0.3, 0.4) is 0 Å². The maximum atomic E-state index is 11.4. The molecule has 1 atom stereocenters. The number of carbonyl (C=O) groups is 1. The van der Waals surface area contributed by atoms with Gasteiger partial charge in [0.05, 0.1) is 12.7 Å². The Morgan fingerprint density at radius 1 is 1.26 bits per heavy atom. The quantitative estimate of drug-likeness (QED) is 0.781. The number of esters is 1. The van der Waals surface area contributed by atoms with Crippen molar-refractivity contribution >= 4 is 5.97 Å². The van der Waals surface area contributed by atoms with E-state index in [-0.39, 0.29) is 5.97 Å². The summed E-state index contributed by atoms with van der Waals surface area (Å²) in [4.78, 5) is 14.0. The summed E-state index contributed by atoms with van der Waals surface area (Å²) >= 11 is 0. The Labute approximate surface area is 114 Å². The van der Waals surface area contributed by atoms with Crippen LogP contribution in [0.5, 0.6) is 0 Å². The van der Waals surface area contributed by atoms with Crippen molar-refractivity contribution in [2.24, 2.45) is 5.92 Å². The number of ether oxygens (including phenoxy) is 1. The van der Waals surface area contributed by atoms with E-state index in [0.717, 1.165) is 12.3 Å². The average Bonchev–Trinajstić information content (AvgIpc) is 2.48. The van der Waals surface area contributed by atoms with Crippen LogP contribution in [0.4, 0.5) is 0 Å². The number of carbonyl (C=O) groups excluding carboxylic acids is 1. The van der Waals surface area contributed by atoms with Crippen LogP contribution in [0, 0.1) is 5.92 Å². The van der Waals surface area contributed by atoms with E-state index in [4.69, 9.17) is 4.74 Å². The van der Waals surface area contributed by atoms with Crippen molar-refractivity contribution in [3.8, 4) is 0 Å². The third kappa shape index (κ3) is 2.66. The fourth-order valence-electron chi connectivity index (χ4n) is 3.47. The number of rotatable bonds is 3. The molecule has 3 nitrogen and oxygen atoms in total. The molecule has 1 aromatic carbocycles. The zero-order valence-electron chi connectivity index (χ0n) is 11.5. The smallest absolute Gasteiger partial charge is 0.337 e. The number of nitrogens with zero attached hydrogens (tertiary/aromatic N) is 1. The van der Waals surface area contributed by atoms with Crippen molar-refractivity contribution in [3.05, 3.63) is 35.4 Å². The Bertz CT molecular complexity index is 446. The van der Waals surface area contributed by atoms with Crippen LogP contribution in [-0.2, 0) is 11.2 Å². The van der Waals surface area contributed by atoms with Crippen molar-refractivity contribution in [2.75, 3.05) is 20.2 Å². The molecule has 0 radical (unpaired) electrons. The summed E-state index contributed by atoms with van der Waals surface area (Å²) in [5, 5.41) is 0. The summed E-state index contributed by atoms with van der Waals surface area (Å²) < 4.78 is 4.72. The van der Waals surface area contributed by atoms with Crippen molar-refractivity contribution in [3.63, 3.8) is 0 Å². The van der Waals surface area contributed by atoms with E-state index in [1.54, 1.807) is 0 Å². The van der Waals surface area contributed by atoms with Gasteiger partial charge in [0, 0.05) is 6.04 Å². The highest BCUT2D eigenvalue weighted by Gasteiger charge is 2.33. The Hall–Kier alpha value is -1.35. The van der Waals surface area contributed by atoms with Crippen molar-refractivity contribution in [1.29, 1.82) is 0 Å². The largest absolute Gasteiger partial charge is 0.465 e. The second kappa shape index (κ2) is 5.33. The van der Waals surface area contributed by atoms with Gasteiger partial charge in [-0.2, -0.15) is 0 Å². The van der Waals surface area contributed by atoms with Crippen LogP contribution in [0.1, 0.15) is 35.2 Å². The average molecular weight is 259 g/mol. The molecule has 3 heterocycles. The lowest BCUT2D eigenvalue weighted by molar-refractivity contribution is 0.0498. The van der Waals surface area contributed by atoms with Gasteiger partial charge >= 0.3 is 5.97 Å². The highest BCUT2D eigenvalue weighted by atomic mass is 16.5. The summed E-state index contributed by atoms with van der Waals surface area (Å²) in [5.74, 6) is 0.691. The molecule has 0 amide bonds. The predicted molar refractivity (Wildman–Crippen MR) is 74.2 cm³/mol. The topological polar surface area (TPSA) is 29.5 Å². The normalized spacial score (nSPS) is 29.2. The first-order valence-electron chi connectivity index (χ1n) is 7.17. The van der Waals surface area contributed by atoms with Gasteiger partial charge in [0.1, 0.15) is 0 Å². The lowest BCUT2D eigenvalue weighted by Crippen LogP contribution is -2.49. The fraction of sp³-hybridized carbons (Fsp3) is 0.562. The zero-order chi connectivity index (χ0) is 13.2. The molecule has 3 aliphatic heterocycles. The molecule has 0 aromatic heterocycles. The maximum Gasteiger partial charge on any atom is 0.337 e. The van der Waals surface area contributed by atoms with Gasteiger partial charge in [-0.3, -0.25) is 0 Å². The standard InChI is InChI=1S/C16H21NO2/c1-19-16(18)14-4-2-12(3-5-14)10-15-11-13-6-8-17(15)9-7-13/h2-5,13,15H,6-11H2,1H3.